The van der Waals surface area contributed by atoms with Gasteiger partial charge in [0.25, 0.3) is 0 Å². The number of hydrogen-bond acceptors (Lipinski definition) is 2. The van der Waals surface area contributed by atoms with E-state index in [9.17, 15) is 0 Å². The lowest BCUT2D eigenvalue weighted by molar-refractivity contribution is 0.0608. The molecule has 0 unspecified atom stereocenters. The van der Waals surface area contributed by atoms with Crippen LogP contribution >= 0.6 is 0 Å². The molecule has 0 N–H and O–H groups in total. The first-order valence-corrected chi connectivity index (χ1v) is 5.23. The Kier molecular flexibility index (Phi) is 2.08. The standard InChI is InChI=1S/C11H17NO/c1-10(6-4-8-12)5-2-3-7-11(10)9-13-11/h2-7,9H2,1H3/t10-,11-/m0/s1. The zero-order valence-electron chi connectivity index (χ0n) is 8.31. The Morgan fingerprint density at radius 1 is 1.38 bits per heavy atom. The summed E-state index contributed by atoms with van der Waals surface area (Å²) in [4.78, 5) is 0. The average molecular weight is 179 g/mol. The van der Waals surface area contributed by atoms with E-state index in [4.69, 9.17) is 10.00 Å². The Bertz CT molecular complexity index is 239. The number of nitriles is 1. The maximum atomic E-state index is 8.61. The third-order valence-corrected chi connectivity index (χ3v) is 3.94. The molecule has 0 aromatic carbocycles. The van der Waals surface area contributed by atoms with Gasteiger partial charge in [0, 0.05) is 6.42 Å². The summed E-state index contributed by atoms with van der Waals surface area (Å²) in [7, 11) is 0. The highest BCUT2D eigenvalue weighted by atomic mass is 16.6. The van der Waals surface area contributed by atoms with E-state index >= 15 is 0 Å². The lowest BCUT2D eigenvalue weighted by atomic mass is 9.65. The van der Waals surface area contributed by atoms with Gasteiger partial charge in [-0.05, 0) is 24.7 Å². The second-order valence-electron chi connectivity index (χ2n) is 4.71. The fourth-order valence-electron chi connectivity index (χ4n) is 2.72. The highest BCUT2D eigenvalue weighted by Crippen LogP contribution is 2.56. The number of rotatable bonds is 2. The van der Waals surface area contributed by atoms with Gasteiger partial charge in [-0.2, -0.15) is 5.26 Å². The Hall–Kier alpha value is -0.550. The van der Waals surface area contributed by atoms with Crippen LogP contribution < -0.4 is 0 Å². The third kappa shape index (κ3) is 1.36. The minimum atomic E-state index is 0.183. The van der Waals surface area contributed by atoms with Crippen molar-refractivity contribution in [3.63, 3.8) is 0 Å². The molecule has 0 bridgehead atoms. The molecule has 0 amide bonds. The Balaban J connectivity index is 2.05. The summed E-state index contributed by atoms with van der Waals surface area (Å²) in [5.41, 5.74) is 0.475. The summed E-state index contributed by atoms with van der Waals surface area (Å²) >= 11 is 0. The number of ether oxygens (including phenoxy) is 1. The molecule has 2 heteroatoms. The van der Waals surface area contributed by atoms with Crippen LogP contribution in [0.15, 0.2) is 0 Å². The maximum absolute atomic E-state index is 8.61. The zero-order chi connectivity index (χ0) is 9.36. The van der Waals surface area contributed by atoms with Crippen LogP contribution in [0.1, 0.15) is 45.4 Å². The van der Waals surface area contributed by atoms with E-state index in [0.29, 0.717) is 11.8 Å². The van der Waals surface area contributed by atoms with Gasteiger partial charge in [-0.15, -0.1) is 0 Å². The number of epoxide rings is 1. The summed E-state index contributed by atoms with van der Waals surface area (Å²) in [6.45, 7) is 3.24. The molecule has 1 spiro atoms. The van der Waals surface area contributed by atoms with Crippen molar-refractivity contribution in [1.82, 2.24) is 0 Å². The molecule has 2 nitrogen and oxygen atoms in total. The fraction of sp³-hybridized carbons (Fsp3) is 0.909. The predicted octanol–water partition coefficient (Wildman–Crippen LogP) is 2.64. The van der Waals surface area contributed by atoms with Gasteiger partial charge in [0.2, 0.25) is 0 Å². The number of hydrogen-bond donors (Lipinski definition) is 0. The minimum Gasteiger partial charge on any atom is -0.369 e. The quantitative estimate of drug-likeness (QED) is 0.611. The molecule has 2 fully saturated rings. The molecule has 0 aromatic heterocycles. The van der Waals surface area contributed by atoms with Crippen molar-refractivity contribution in [2.45, 2.75) is 51.0 Å². The molecule has 1 saturated carbocycles. The van der Waals surface area contributed by atoms with Crippen molar-refractivity contribution in [2.24, 2.45) is 5.41 Å². The van der Waals surface area contributed by atoms with Gasteiger partial charge >= 0.3 is 0 Å². The zero-order valence-corrected chi connectivity index (χ0v) is 8.31. The molecule has 1 aliphatic heterocycles. The molecular formula is C11H17NO. The summed E-state index contributed by atoms with van der Waals surface area (Å²) in [6.07, 6.45) is 6.78. The lowest BCUT2D eigenvalue weighted by Crippen LogP contribution is -2.38. The van der Waals surface area contributed by atoms with Crippen LogP contribution in [0.25, 0.3) is 0 Å². The van der Waals surface area contributed by atoms with Crippen LogP contribution in [0.5, 0.6) is 0 Å². The molecule has 2 aliphatic rings. The highest BCUT2D eigenvalue weighted by molar-refractivity contribution is 5.08. The van der Waals surface area contributed by atoms with E-state index < -0.39 is 0 Å². The monoisotopic (exact) mass is 179 g/mol. The van der Waals surface area contributed by atoms with Gasteiger partial charge in [0.15, 0.2) is 0 Å². The summed E-state index contributed by atoms with van der Waals surface area (Å²) < 4.78 is 5.64. The van der Waals surface area contributed by atoms with Gasteiger partial charge in [0.1, 0.15) is 0 Å². The Morgan fingerprint density at radius 3 is 2.69 bits per heavy atom. The van der Waals surface area contributed by atoms with Crippen LogP contribution in [0.3, 0.4) is 0 Å². The molecule has 1 saturated heterocycles. The van der Waals surface area contributed by atoms with Crippen molar-refractivity contribution in [3.05, 3.63) is 0 Å². The Labute approximate surface area is 79.9 Å². The summed E-state index contributed by atoms with van der Waals surface area (Å²) in [6, 6.07) is 2.25. The number of nitrogens with zero attached hydrogens (tertiary/aromatic N) is 1. The first-order chi connectivity index (χ1) is 6.22. The van der Waals surface area contributed by atoms with E-state index in [-0.39, 0.29) is 5.60 Å². The van der Waals surface area contributed by atoms with E-state index in [2.05, 4.69) is 13.0 Å². The normalized spacial score (nSPS) is 43.1. The molecule has 72 valence electrons. The van der Waals surface area contributed by atoms with E-state index in [1.165, 1.54) is 25.7 Å². The lowest BCUT2D eigenvalue weighted by Gasteiger charge is -2.39. The van der Waals surface area contributed by atoms with Crippen molar-refractivity contribution in [2.75, 3.05) is 6.61 Å². The topological polar surface area (TPSA) is 36.3 Å². The molecule has 1 heterocycles. The fourth-order valence-corrected chi connectivity index (χ4v) is 2.72. The van der Waals surface area contributed by atoms with E-state index in [1.807, 2.05) is 0 Å². The second-order valence-corrected chi connectivity index (χ2v) is 4.71. The minimum absolute atomic E-state index is 0.183. The smallest absolute Gasteiger partial charge is 0.0970 e. The molecule has 2 atom stereocenters. The van der Waals surface area contributed by atoms with E-state index in [1.54, 1.807) is 0 Å². The van der Waals surface area contributed by atoms with Crippen LogP contribution in [0.2, 0.25) is 0 Å². The van der Waals surface area contributed by atoms with Crippen molar-refractivity contribution >= 4 is 0 Å². The summed E-state index contributed by atoms with van der Waals surface area (Å²) in [5, 5.41) is 8.61. The molecule has 2 rings (SSSR count). The van der Waals surface area contributed by atoms with Crippen molar-refractivity contribution in [1.29, 1.82) is 5.26 Å². The van der Waals surface area contributed by atoms with Crippen LogP contribution in [-0.2, 0) is 4.74 Å². The Morgan fingerprint density at radius 2 is 2.08 bits per heavy atom. The SMILES string of the molecule is C[C@@]1(CCC#N)CCCC[C@]12CO2. The van der Waals surface area contributed by atoms with E-state index in [0.717, 1.165) is 13.0 Å². The third-order valence-electron chi connectivity index (χ3n) is 3.94. The average Bonchev–Trinajstić information content (AvgIpc) is 2.89. The summed E-state index contributed by atoms with van der Waals surface area (Å²) in [5.74, 6) is 0. The maximum Gasteiger partial charge on any atom is 0.0970 e. The predicted molar refractivity (Wildman–Crippen MR) is 50.1 cm³/mol. The first kappa shape index (κ1) is 9.02. The largest absolute Gasteiger partial charge is 0.369 e. The van der Waals surface area contributed by atoms with Crippen LogP contribution in [-0.4, -0.2) is 12.2 Å². The van der Waals surface area contributed by atoms with Gasteiger partial charge in [-0.1, -0.05) is 19.8 Å². The van der Waals surface area contributed by atoms with Gasteiger partial charge < -0.3 is 4.74 Å². The van der Waals surface area contributed by atoms with Crippen LogP contribution in [0.4, 0.5) is 0 Å². The molecule has 0 aromatic rings. The molecule has 0 radical (unpaired) electrons. The van der Waals surface area contributed by atoms with Crippen LogP contribution in [0, 0.1) is 16.7 Å². The second kappa shape index (κ2) is 2.99. The van der Waals surface area contributed by atoms with Gasteiger partial charge in [0.05, 0.1) is 18.3 Å². The molecular weight excluding hydrogens is 162 g/mol. The van der Waals surface area contributed by atoms with Crippen molar-refractivity contribution < 1.29 is 4.74 Å². The molecule has 13 heavy (non-hydrogen) atoms. The van der Waals surface area contributed by atoms with Crippen molar-refractivity contribution in [3.8, 4) is 6.07 Å². The molecule has 1 aliphatic carbocycles. The highest BCUT2D eigenvalue weighted by Gasteiger charge is 2.58. The van der Waals surface area contributed by atoms with Gasteiger partial charge in [-0.3, -0.25) is 0 Å². The van der Waals surface area contributed by atoms with Gasteiger partial charge in [-0.25, -0.2) is 0 Å². The first-order valence-electron chi connectivity index (χ1n) is 5.23.